The number of anilines is 2. The van der Waals surface area contributed by atoms with E-state index in [1.54, 1.807) is 0 Å². The van der Waals surface area contributed by atoms with Gasteiger partial charge in [0, 0.05) is 12.1 Å². The molecule has 1 aliphatic rings. The van der Waals surface area contributed by atoms with Crippen LogP contribution < -0.4 is 10.6 Å². The monoisotopic (exact) mass is 312 g/mol. The molecule has 1 aromatic rings. The van der Waals surface area contributed by atoms with E-state index < -0.39 is 15.4 Å². The van der Waals surface area contributed by atoms with Crippen LogP contribution in [-0.2, 0) is 16.3 Å². The molecule has 1 saturated heterocycles. The minimum absolute atomic E-state index is 0.158. The zero-order valence-corrected chi connectivity index (χ0v) is 13.8. The van der Waals surface area contributed by atoms with Crippen LogP contribution in [0.25, 0.3) is 0 Å². The Bertz CT molecular complexity index is 603. The Hall–Kier alpha value is -1.37. The average Bonchev–Trinajstić information content (AvgIpc) is 2.70. The van der Waals surface area contributed by atoms with Crippen molar-refractivity contribution in [1.29, 1.82) is 0 Å². The lowest BCUT2D eigenvalue weighted by atomic mass is 10.0. The smallest absolute Gasteiger partial charge is 0.152 e. The van der Waals surface area contributed by atoms with Gasteiger partial charge in [0.15, 0.2) is 9.84 Å². The van der Waals surface area contributed by atoms with E-state index >= 15 is 0 Å². The molecule has 21 heavy (non-hydrogen) atoms. The predicted molar refractivity (Wildman–Crippen MR) is 85.5 cm³/mol. The molecule has 2 rings (SSSR count). The van der Waals surface area contributed by atoms with Crippen LogP contribution in [0.1, 0.15) is 39.2 Å². The first-order chi connectivity index (χ1) is 9.89. The van der Waals surface area contributed by atoms with E-state index in [-0.39, 0.29) is 11.5 Å². The van der Waals surface area contributed by atoms with Gasteiger partial charge in [-0.2, -0.15) is 0 Å². The summed E-state index contributed by atoms with van der Waals surface area (Å²) >= 11 is 0. The largest absolute Gasteiger partial charge is 0.370 e. The minimum Gasteiger partial charge on any atom is -0.370 e. The van der Waals surface area contributed by atoms with Crippen LogP contribution in [0.5, 0.6) is 0 Å². The van der Waals surface area contributed by atoms with Crippen molar-refractivity contribution in [3.8, 4) is 0 Å². The van der Waals surface area contributed by atoms with Gasteiger partial charge in [0.05, 0.1) is 17.0 Å². The molecule has 1 aliphatic heterocycles. The highest BCUT2D eigenvalue weighted by molar-refractivity contribution is 7.91. The van der Waals surface area contributed by atoms with Crippen LogP contribution in [0.4, 0.5) is 11.6 Å². The number of sulfone groups is 1. The van der Waals surface area contributed by atoms with Gasteiger partial charge in [-0.1, -0.05) is 13.8 Å². The molecule has 1 aromatic heterocycles. The average molecular weight is 312 g/mol. The van der Waals surface area contributed by atoms with Crippen molar-refractivity contribution in [3.63, 3.8) is 0 Å². The molecule has 0 aromatic carbocycles. The maximum atomic E-state index is 11.7. The number of hydrogen-bond donors (Lipinski definition) is 2. The summed E-state index contributed by atoms with van der Waals surface area (Å²) in [6, 6.07) is 0. The Morgan fingerprint density at radius 2 is 2.00 bits per heavy atom. The second-order valence-corrected chi connectivity index (χ2v) is 8.04. The van der Waals surface area contributed by atoms with Crippen molar-refractivity contribution in [2.45, 2.75) is 45.6 Å². The number of hydrogen-bond acceptors (Lipinski definition) is 6. The van der Waals surface area contributed by atoms with Crippen molar-refractivity contribution < 1.29 is 8.42 Å². The normalized spacial score (nSPS) is 24.0. The van der Waals surface area contributed by atoms with Crippen LogP contribution in [0.15, 0.2) is 6.33 Å². The molecule has 2 heterocycles. The molecule has 1 unspecified atom stereocenters. The molecular formula is C14H24N4O2S. The van der Waals surface area contributed by atoms with E-state index in [1.165, 1.54) is 6.33 Å². The van der Waals surface area contributed by atoms with Gasteiger partial charge in [-0.05, 0) is 26.2 Å². The fraction of sp³-hybridized carbons (Fsp3) is 0.714. The third-order valence-electron chi connectivity index (χ3n) is 3.76. The molecular weight excluding hydrogens is 288 g/mol. The van der Waals surface area contributed by atoms with Crippen LogP contribution >= 0.6 is 0 Å². The molecule has 1 fully saturated rings. The van der Waals surface area contributed by atoms with Gasteiger partial charge >= 0.3 is 0 Å². The zero-order valence-electron chi connectivity index (χ0n) is 12.9. The van der Waals surface area contributed by atoms with Crippen LogP contribution in [0.3, 0.4) is 0 Å². The number of nitrogens with one attached hydrogen (secondary N) is 2. The Balaban J connectivity index is 2.24. The molecule has 0 radical (unpaired) electrons. The summed E-state index contributed by atoms with van der Waals surface area (Å²) in [4.78, 5) is 8.61. The Kier molecular flexibility index (Phi) is 4.70. The second kappa shape index (κ2) is 6.17. The summed E-state index contributed by atoms with van der Waals surface area (Å²) in [6.45, 7) is 6.95. The van der Waals surface area contributed by atoms with Crippen LogP contribution in [-0.4, -0.2) is 42.0 Å². The van der Waals surface area contributed by atoms with Crippen LogP contribution in [0.2, 0.25) is 0 Å². The Morgan fingerprint density at radius 1 is 1.29 bits per heavy atom. The molecule has 1 atom stereocenters. The van der Waals surface area contributed by atoms with E-state index in [0.717, 1.165) is 36.6 Å². The Labute approximate surface area is 126 Å². The predicted octanol–water partition coefficient (Wildman–Crippen LogP) is 1.85. The van der Waals surface area contributed by atoms with Crippen molar-refractivity contribution in [1.82, 2.24) is 9.97 Å². The minimum atomic E-state index is -2.94. The maximum absolute atomic E-state index is 11.7. The first-order valence-corrected chi connectivity index (χ1v) is 9.27. The van der Waals surface area contributed by atoms with Gasteiger partial charge in [-0.15, -0.1) is 0 Å². The molecule has 0 saturated carbocycles. The highest BCUT2D eigenvalue weighted by Gasteiger charge is 2.39. The second-order valence-electron chi connectivity index (χ2n) is 5.86. The standard InChI is InChI=1S/C14H24N4O2S/c1-4-7-15-12-11(5-2)13(17-10-16-12)18-14(3)6-8-21(19,20)9-14/h10H,4-9H2,1-3H3,(H2,15,16,17,18). The van der Waals surface area contributed by atoms with Gasteiger partial charge in [0.2, 0.25) is 0 Å². The van der Waals surface area contributed by atoms with Crippen molar-refractivity contribution >= 4 is 21.5 Å². The summed E-state index contributed by atoms with van der Waals surface area (Å²) < 4.78 is 23.4. The number of aromatic nitrogens is 2. The molecule has 0 amide bonds. The van der Waals surface area contributed by atoms with Gasteiger partial charge in [-0.25, -0.2) is 18.4 Å². The molecule has 7 heteroatoms. The highest BCUT2D eigenvalue weighted by atomic mass is 32.2. The quantitative estimate of drug-likeness (QED) is 0.834. The van der Waals surface area contributed by atoms with Crippen molar-refractivity contribution in [3.05, 3.63) is 11.9 Å². The summed E-state index contributed by atoms with van der Waals surface area (Å²) in [5, 5.41) is 6.64. The van der Waals surface area contributed by atoms with E-state index in [0.29, 0.717) is 6.42 Å². The van der Waals surface area contributed by atoms with Crippen molar-refractivity contribution in [2.24, 2.45) is 0 Å². The Morgan fingerprint density at radius 3 is 2.57 bits per heavy atom. The summed E-state index contributed by atoms with van der Waals surface area (Å²) in [7, 11) is -2.94. The number of nitrogens with zero attached hydrogens (tertiary/aromatic N) is 2. The van der Waals surface area contributed by atoms with E-state index in [1.807, 2.05) is 6.92 Å². The topological polar surface area (TPSA) is 84.0 Å². The lowest BCUT2D eigenvalue weighted by molar-refractivity contribution is 0.571. The molecule has 0 bridgehead atoms. The van der Waals surface area contributed by atoms with E-state index in [2.05, 4.69) is 34.4 Å². The fourth-order valence-corrected chi connectivity index (χ4v) is 4.74. The third kappa shape index (κ3) is 3.84. The van der Waals surface area contributed by atoms with Gasteiger partial charge in [0.1, 0.15) is 18.0 Å². The molecule has 0 spiro atoms. The first-order valence-electron chi connectivity index (χ1n) is 7.45. The lowest BCUT2D eigenvalue weighted by Crippen LogP contribution is -2.36. The summed E-state index contributed by atoms with van der Waals surface area (Å²) in [5.74, 6) is 1.97. The highest BCUT2D eigenvalue weighted by Crippen LogP contribution is 2.29. The maximum Gasteiger partial charge on any atom is 0.152 e. The van der Waals surface area contributed by atoms with E-state index in [4.69, 9.17) is 0 Å². The molecule has 0 aliphatic carbocycles. The van der Waals surface area contributed by atoms with Gasteiger partial charge in [0.25, 0.3) is 0 Å². The van der Waals surface area contributed by atoms with Gasteiger partial charge in [-0.3, -0.25) is 0 Å². The molecule has 118 valence electrons. The SMILES string of the molecule is CCCNc1ncnc(NC2(C)CCS(=O)(=O)C2)c1CC. The lowest BCUT2D eigenvalue weighted by Gasteiger charge is -2.26. The van der Waals surface area contributed by atoms with Crippen LogP contribution in [0, 0.1) is 0 Å². The molecule has 6 nitrogen and oxygen atoms in total. The fourth-order valence-electron chi connectivity index (χ4n) is 2.65. The zero-order chi connectivity index (χ0) is 15.5. The van der Waals surface area contributed by atoms with Crippen molar-refractivity contribution in [2.75, 3.05) is 28.7 Å². The van der Waals surface area contributed by atoms with Gasteiger partial charge < -0.3 is 10.6 Å². The third-order valence-corrected chi connectivity index (χ3v) is 5.67. The number of rotatable bonds is 6. The van der Waals surface area contributed by atoms with E-state index in [9.17, 15) is 8.42 Å². The first kappa shape index (κ1) is 16.0. The molecule has 2 N–H and O–H groups in total. The summed E-state index contributed by atoms with van der Waals surface area (Å²) in [6.07, 6.45) is 3.94. The summed E-state index contributed by atoms with van der Waals surface area (Å²) in [5.41, 5.74) is 0.565.